The Bertz CT molecular complexity index is 618. The Morgan fingerprint density at radius 3 is 2.91 bits per heavy atom. The lowest BCUT2D eigenvalue weighted by atomic mass is 10.1. The van der Waals surface area contributed by atoms with Gasteiger partial charge in [-0.25, -0.2) is 0 Å². The Kier molecular flexibility index (Phi) is 5.78. The van der Waals surface area contributed by atoms with Crippen LogP contribution in [0.5, 0.6) is 5.75 Å². The largest absolute Gasteiger partial charge is 0.489 e. The van der Waals surface area contributed by atoms with Crippen molar-refractivity contribution in [2.45, 2.75) is 39.8 Å². The molecular formula is C18H25N3O. The van der Waals surface area contributed by atoms with Crippen molar-refractivity contribution >= 4 is 0 Å². The number of ether oxygens (including phenoxy) is 1. The average molecular weight is 299 g/mol. The Labute approximate surface area is 132 Å². The number of aromatic nitrogens is 2. The van der Waals surface area contributed by atoms with Gasteiger partial charge in [-0.15, -0.1) is 0 Å². The van der Waals surface area contributed by atoms with Gasteiger partial charge in [-0.3, -0.25) is 5.10 Å². The Morgan fingerprint density at radius 2 is 2.23 bits per heavy atom. The normalized spacial score (nSPS) is 12.1. The summed E-state index contributed by atoms with van der Waals surface area (Å²) < 4.78 is 5.67. The van der Waals surface area contributed by atoms with Gasteiger partial charge in [-0.2, -0.15) is 5.10 Å². The van der Waals surface area contributed by atoms with E-state index < -0.39 is 0 Å². The zero-order chi connectivity index (χ0) is 15.9. The van der Waals surface area contributed by atoms with Gasteiger partial charge in [-0.1, -0.05) is 18.7 Å². The van der Waals surface area contributed by atoms with Gasteiger partial charge >= 0.3 is 0 Å². The molecule has 1 aromatic heterocycles. The molecule has 0 amide bonds. The van der Waals surface area contributed by atoms with E-state index in [0.29, 0.717) is 12.6 Å². The predicted molar refractivity (Wildman–Crippen MR) is 90.1 cm³/mol. The molecule has 1 unspecified atom stereocenters. The van der Waals surface area contributed by atoms with Crippen LogP contribution in [0.2, 0.25) is 0 Å². The topological polar surface area (TPSA) is 49.9 Å². The van der Waals surface area contributed by atoms with Crippen LogP contribution in [0.25, 0.3) is 0 Å². The predicted octanol–water partition coefficient (Wildman–Crippen LogP) is 3.39. The highest BCUT2D eigenvalue weighted by molar-refractivity contribution is 5.28. The van der Waals surface area contributed by atoms with Crippen LogP contribution in [-0.2, 0) is 13.0 Å². The lowest BCUT2D eigenvalue weighted by molar-refractivity contribution is 0.352. The van der Waals surface area contributed by atoms with E-state index in [1.807, 2.05) is 26.0 Å². The van der Waals surface area contributed by atoms with Crippen molar-refractivity contribution in [2.24, 2.45) is 0 Å². The smallest absolute Gasteiger partial charge is 0.120 e. The summed E-state index contributed by atoms with van der Waals surface area (Å²) in [6, 6.07) is 10.6. The molecule has 0 radical (unpaired) electrons. The second kappa shape index (κ2) is 7.80. The van der Waals surface area contributed by atoms with E-state index in [2.05, 4.69) is 47.2 Å². The van der Waals surface area contributed by atoms with Crippen molar-refractivity contribution in [1.82, 2.24) is 15.5 Å². The van der Waals surface area contributed by atoms with Crippen LogP contribution in [-0.4, -0.2) is 22.8 Å². The van der Waals surface area contributed by atoms with Crippen LogP contribution in [0, 0.1) is 6.92 Å². The molecular weight excluding hydrogens is 274 g/mol. The number of rotatable bonds is 8. The van der Waals surface area contributed by atoms with Crippen molar-refractivity contribution in [3.63, 3.8) is 0 Å². The number of hydrogen-bond donors (Lipinski definition) is 2. The molecule has 0 aliphatic rings. The third kappa shape index (κ3) is 5.37. The minimum atomic E-state index is 0.364. The molecule has 1 atom stereocenters. The first-order valence-corrected chi connectivity index (χ1v) is 7.63. The quantitative estimate of drug-likeness (QED) is 0.735. The lowest BCUT2D eigenvalue weighted by Crippen LogP contribution is -2.27. The summed E-state index contributed by atoms with van der Waals surface area (Å²) in [5, 5.41) is 10.8. The summed E-state index contributed by atoms with van der Waals surface area (Å²) in [6.45, 7) is 11.4. The van der Waals surface area contributed by atoms with E-state index in [1.165, 1.54) is 5.56 Å². The van der Waals surface area contributed by atoms with Gasteiger partial charge in [0.1, 0.15) is 12.4 Å². The molecule has 2 rings (SSSR count). The standard InChI is InChI=1S/C18H25N3O/c1-13(2)12-22-18-7-5-6-16(10-18)11-19-14(3)8-17-9-15(4)20-21-17/h5-7,9-10,14,19H,1,8,11-12H2,2-4H3,(H,20,21). The molecule has 1 aromatic carbocycles. The highest BCUT2D eigenvalue weighted by Gasteiger charge is 2.06. The summed E-state index contributed by atoms with van der Waals surface area (Å²) in [5.74, 6) is 0.887. The third-order valence-corrected chi connectivity index (χ3v) is 3.31. The van der Waals surface area contributed by atoms with Gasteiger partial charge in [0.2, 0.25) is 0 Å². The van der Waals surface area contributed by atoms with E-state index in [1.54, 1.807) is 0 Å². The summed E-state index contributed by atoms with van der Waals surface area (Å²) in [4.78, 5) is 0. The molecule has 0 saturated carbocycles. The molecule has 0 bridgehead atoms. The minimum Gasteiger partial charge on any atom is -0.489 e. The minimum absolute atomic E-state index is 0.364. The fourth-order valence-electron chi connectivity index (χ4n) is 2.21. The highest BCUT2D eigenvalue weighted by Crippen LogP contribution is 2.14. The lowest BCUT2D eigenvalue weighted by Gasteiger charge is -2.13. The molecule has 0 fully saturated rings. The summed E-state index contributed by atoms with van der Waals surface area (Å²) in [6.07, 6.45) is 0.913. The van der Waals surface area contributed by atoms with Crippen LogP contribution in [0.4, 0.5) is 0 Å². The van der Waals surface area contributed by atoms with Gasteiger partial charge in [0.05, 0.1) is 5.69 Å². The van der Waals surface area contributed by atoms with E-state index in [9.17, 15) is 0 Å². The Morgan fingerprint density at radius 1 is 1.41 bits per heavy atom. The maximum absolute atomic E-state index is 5.67. The number of nitrogens with one attached hydrogen (secondary N) is 2. The monoisotopic (exact) mass is 299 g/mol. The number of aryl methyl sites for hydroxylation is 1. The Balaban J connectivity index is 1.82. The van der Waals surface area contributed by atoms with E-state index >= 15 is 0 Å². The maximum atomic E-state index is 5.67. The molecule has 2 aromatic rings. The number of hydrogen-bond acceptors (Lipinski definition) is 3. The van der Waals surface area contributed by atoms with Crippen molar-refractivity contribution in [3.8, 4) is 5.75 Å². The number of H-pyrrole nitrogens is 1. The van der Waals surface area contributed by atoms with Crippen molar-refractivity contribution in [2.75, 3.05) is 6.61 Å². The van der Waals surface area contributed by atoms with Crippen molar-refractivity contribution in [3.05, 3.63) is 59.4 Å². The zero-order valence-electron chi connectivity index (χ0n) is 13.6. The SMILES string of the molecule is C=C(C)COc1cccc(CNC(C)Cc2cc(C)[nH]n2)c1. The third-order valence-electron chi connectivity index (χ3n) is 3.31. The summed E-state index contributed by atoms with van der Waals surface area (Å²) >= 11 is 0. The first-order chi connectivity index (χ1) is 10.5. The van der Waals surface area contributed by atoms with Gasteiger partial charge in [0.25, 0.3) is 0 Å². The number of aromatic amines is 1. The molecule has 0 aliphatic carbocycles. The van der Waals surface area contributed by atoms with E-state index in [-0.39, 0.29) is 0 Å². The molecule has 22 heavy (non-hydrogen) atoms. The fourth-order valence-corrected chi connectivity index (χ4v) is 2.21. The molecule has 4 nitrogen and oxygen atoms in total. The second-order valence-electron chi connectivity index (χ2n) is 5.92. The summed E-state index contributed by atoms with van der Waals surface area (Å²) in [7, 11) is 0. The molecule has 4 heteroatoms. The van der Waals surface area contributed by atoms with Crippen LogP contribution >= 0.6 is 0 Å². The molecule has 0 aliphatic heterocycles. The maximum Gasteiger partial charge on any atom is 0.120 e. The fraction of sp³-hybridized carbons (Fsp3) is 0.389. The van der Waals surface area contributed by atoms with Crippen LogP contribution < -0.4 is 10.1 Å². The number of benzene rings is 1. The molecule has 0 saturated heterocycles. The Hall–Kier alpha value is -2.07. The van der Waals surface area contributed by atoms with Crippen LogP contribution in [0.15, 0.2) is 42.5 Å². The first kappa shape index (κ1) is 16.3. The highest BCUT2D eigenvalue weighted by atomic mass is 16.5. The summed E-state index contributed by atoms with van der Waals surface area (Å²) in [5.41, 5.74) is 4.43. The van der Waals surface area contributed by atoms with Crippen LogP contribution in [0.1, 0.15) is 30.8 Å². The van der Waals surface area contributed by atoms with Crippen molar-refractivity contribution < 1.29 is 4.74 Å². The molecule has 118 valence electrons. The van der Waals surface area contributed by atoms with E-state index in [0.717, 1.165) is 35.7 Å². The number of nitrogens with zero attached hydrogens (tertiary/aromatic N) is 1. The average Bonchev–Trinajstić information content (AvgIpc) is 2.88. The van der Waals surface area contributed by atoms with Gasteiger partial charge in [0, 0.05) is 24.7 Å². The first-order valence-electron chi connectivity index (χ1n) is 7.63. The molecule has 2 N–H and O–H groups in total. The van der Waals surface area contributed by atoms with Gasteiger partial charge in [-0.05, 0) is 50.1 Å². The van der Waals surface area contributed by atoms with E-state index in [4.69, 9.17) is 4.74 Å². The zero-order valence-corrected chi connectivity index (χ0v) is 13.6. The van der Waals surface area contributed by atoms with Crippen molar-refractivity contribution in [1.29, 1.82) is 0 Å². The molecule has 1 heterocycles. The van der Waals surface area contributed by atoms with Gasteiger partial charge < -0.3 is 10.1 Å². The molecule has 0 spiro atoms. The van der Waals surface area contributed by atoms with Gasteiger partial charge in [0.15, 0.2) is 0 Å². The van der Waals surface area contributed by atoms with Crippen LogP contribution in [0.3, 0.4) is 0 Å². The second-order valence-corrected chi connectivity index (χ2v) is 5.92.